The zero-order valence-electron chi connectivity index (χ0n) is 20.6. The molecular weight excluding hydrogens is 481 g/mol. The summed E-state index contributed by atoms with van der Waals surface area (Å²) in [5, 5.41) is 2.78. The van der Waals surface area contributed by atoms with Crippen molar-refractivity contribution in [2.24, 2.45) is 5.92 Å². The minimum absolute atomic E-state index is 0.0308. The third-order valence-corrected chi connectivity index (χ3v) is 7.59. The fourth-order valence-electron chi connectivity index (χ4n) is 5.58. The summed E-state index contributed by atoms with van der Waals surface area (Å²) >= 11 is 0. The number of piperidine rings is 1. The van der Waals surface area contributed by atoms with Crippen molar-refractivity contribution in [3.05, 3.63) is 59.2 Å². The minimum atomic E-state index is -4.54. The summed E-state index contributed by atoms with van der Waals surface area (Å²) in [5.74, 6) is -0.288. The van der Waals surface area contributed by atoms with E-state index in [-0.39, 0.29) is 17.5 Å². The molecule has 1 amide bonds. The summed E-state index contributed by atoms with van der Waals surface area (Å²) in [7, 11) is 0. The highest BCUT2D eigenvalue weighted by atomic mass is 19.4. The molecule has 2 aromatic carbocycles. The highest BCUT2D eigenvalue weighted by Gasteiger charge is 2.31. The molecular formula is C28H31F3N4O2. The number of nitrogens with one attached hydrogen (secondary N) is 1. The van der Waals surface area contributed by atoms with Crippen LogP contribution in [0.1, 0.15) is 72.5 Å². The van der Waals surface area contributed by atoms with Crippen molar-refractivity contribution in [1.82, 2.24) is 14.5 Å². The molecule has 1 N–H and O–H groups in total. The maximum absolute atomic E-state index is 13.2. The van der Waals surface area contributed by atoms with E-state index in [2.05, 4.69) is 27.3 Å². The number of amides is 1. The van der Waals surface area contributed by atoms with Crippen LogP contribution in [0.3, 0.4) is 0 Å². The van der Waals surface area contributed by atoms with E-state index >= 15 is 0 Å². The van der Waals surface area contributed by atoms with E-state index in [9.17, 15) is 22.8 Å². The molecule has 2 aliphatic rings. The topological polar surface area (TPSA) is 67.2 Å². The standard InChI is InChI=1S/C28H31F3N4O2/c29-28(30,31)22-6-4-5-21(16-22)26(37)33-27-32-24-12-9-20(17-34-13-2-1-3-14-34)15-25(24)35(27)23-10-7-19(18-36)8-11-23/h4-6,9,12,15-16,18-19,23H,1-3,7-8,10-11,13-14,17H2,(H,32,33,37)/t19-,23+. The van der Waals surface area contributed by atoms with Gasteiger partial charge in [0, 0.05) is 24.1 Å². The Labute approximate surface area is 213 Å². The third kappa shape index (κ3) is 5.71. The predicted octanol–water partition coefficient (Wildman–Crippen LogP) is 6.22. The Hall–Kier alpha value is -3.20. The Kier molecular flexibility index (Phi) is 7.33. The second-order valence-electron chi connectivity index (χ2n) is 10.2. The molecule has 1 saturated heterocycles. The number of halogens is 3. The lowest BCUT2D eigenvalue weighted by atomic mass is 9.87. The quantitative estimate of drug-likeness (QED) is 0.398. The molecule has 1 aromatic heterocycles. The van der Waals surface area contributed by atoms with Crippen LogP contribution in [0.5, 0.6) is 0 Å². The number of fused-ring (bicyclic) bond motifs is 1. The van der Waals surface area contributed by atoms with Gasteiger partial charge in [-0.1, -0.05) is 18.6 Å². The number of likely N-dealkylation sites (tertiary alicyclic amines) is 1. The number of imidazole rings is 1. The fourth-order valence-corrected chi connectivity index (χ4v) is 5.58. The van der Waals surface area contributed by atoms with Crippen LogP contribution in [0, 0.1) is 5.92 Å². The Bertz CT molecular complexity index is 1270. The van der Waals surface area contributed by atoms with E-state index in [1.165, 1.54) is 31.4 Å². The Morgan fingerprint density at radius 2 is 1.78 bits per heavy atom. The third-order valence-electron chi connectivity index (χ3n) is 7.59. The van der Waals surface area contributed by atoms with Gasteiger partial charge >= 0.3 is 6.18 Å². The molecule has 0 atom stereocenters. The van der Waals surface area contributed by atoms with Gasteiger partial charge in [-0.05, 0) is 87.5 Å². The first-order valence-electron chi connectivity index (χ1n) is 13.0. The number of hydrogen-bond donors (Lipinski definition) is 1. The predicted molar refractivity (Wildman–Crippen MR) is 135 cm³/mol. The van der Waals surface area contributed by atoms with Crippen LogP contribution >= 0.6 is 0 Å². The van der Waals surface area contributed by atoms with Gasteiger partial charge in [-0.3, -0.25) is 15.0 Å². The second kappa shape index (κ2) is 10.7. The number of anilines is 1. The molecule has 0 radical (unpaired) electrons. The number of aromatic nitrogens is 2. The molecule has 37 heavy (non-hydrogen) atoms. The van der Waals surface area contributed by atoms with Crippen molar-refractivity contribution < 1.29 is 22.8 Å². The van der Waals surface area contributed by atoms with Crippen molar-refractivity contribution in [3.63, 3.8) is 0 Å². The first-order chi connectivity index (χ1) is 17.8. The highest BCUT2D eigenvalue weighted by molar-refractivity contribution is 6.04. The van der Waals surface area contributed by atoms with Crippen LogP contribution < -0.4 is 5.32 Å². The summed E-state index contributed by atoms with van der Waals surface area (Å²) in [6.07, 6.45) is 3.17. The van der Waals surface area contributed by atoms with Crippen LogP contribution in [-0.2, 0) is 17.5 Å². The van der Waals surface area contributed by atoms with Crippen LogP contribution in [0.4, 0.5) is 19.1 Å². The summed E-state index contributed by atoms with van der Waals surface area (Å²) in [5.41, 5.74) is 1.82. The molecule has 196 valence electrons. The maximum Gasteiger partial charge on any atom is 0.416 e. The number of carbonyl (C=O) groups is 2. The molecule has 1 aliphatic heterocycles. The number of alkyl halides is 3. The number of benzene rings is 2. The van der Waals surface area contributed by atoms with Crippen molar-refractivity contribution in [2.75, 3.05) is 18.4 Å². The first kappa shape index (κ1) is 25.4. The van der Waals surface area contributed by atoms with Crippen LogP contribution in [0.2, 0.25) is 0 Å². The minimum Gasteiger partial charge on any atom is -0.307 e. The van der Waals surface area contributed by atoms with Gasteiger partial charge in [0.2, 0.25) is 5.95 Å². The largest absolute Gasteiger partial charge is 0.416 e. The average molecular weight is 513 g/mol. The Morgan fingerprint density at radius 1 is 1.03 bits per heavy atom. The molecule has 5 rings (SSSR count). The van der Waals surface area contributed by atoms with Crippen LogP contribution in [0.25, 0.3) is 11.0 Å². The highest BCUT2D eigenvalue weighted by Crippen LogP contribution is 2.37. The van der Waals surface area contributed by atoms with Gasteiger partial charge in [-0.15, -0.1) is 0 Å². The van der Waals surface area contributed by atoms with Gasteiger partial charge in [0.1, 0.15) is 6.29 Å². The van der Waals surface area contributed by atoms with Gasteiger partial charge in [0.05, 0.1) is 16.6 Å². The summed E-state index contributed by atoms with van der Waals surface area (Å²) in [4.78, 5) is 31.5. The number of nitrogens with zero attached hydrogens (tertiary/aromatic N) is 3. The molecule has 1 aliphatic carbocycles. The molecule has 1 saturated carbocycles. The summed E-state index contributed by atoms with van der Waals surface area (Å²) in [6.45, 7) is 2.99. The summed E-state index contributed by atoms with van der Waals surface area (Å²) < 4.78 is 41.6. The molecule has 0 spiro atoms. The summed E-state index contributed by atoms with van der Waals surface area (Å²) in [6, 6.07) is 10.5. The molecule has 2 fully saturated rings. The van der Waals surface area contributed by atoms with Crippen molar-refractivity contribution in [1.29, 1.82) is 0 Å². The molecule has 2 heterocycles. The zero-order valence-corrected chi connectivity index (χ0v) is 20.6. The van der Waals surface area contributed by atoms with Crippen molar-refractivity contribution in [3.8, 4) is 0 Å². The van der Waals surface area contributed by atoms with E-state index in [0.717, 1.165) is 80.3 Å². The monoisotopic (exact) mass is 512 g/mol. The molecule has 0 bridgehead atoms. The molecule has 6 nitrogen and oxygen atoms in total. The SMILES string of the molecule is O=C[C@H]1CC[C@@H](n2c(NC(=O)c3cccc(C(F)(F)F)c3)nc3ccc(CN4CCCCC4)cc32)CC1. The van der Waals surface area contributed by atoms with Gasteiger partial charge in [0.25, 0.3) is 5.91 Å². The number of hydrogen-bond acceptors (Lipinski definition) is 4. The molecule has 0 unspecified atom stereocenters. The number of carbonyl (C=O) groups excluding carboxylic acids is 2. The Balaban J connectivity index is 1.47. The average Bonchev–Trinajstić information content (AvgIpc) is 3.26. The zero-order chi connectivity index (χ0) is 26.0. The van der Waals surface area contributed by atoms with E-state index in [1.54, 1.807) is 0 Å². The lowest BCUT2D eigenvalue weighted by Gasteiger charge is -2.29. The number of rotatable bonds is 6. The van der Waals surface area contributed by atoms with Gasteiger partial charge < -0.3 is 9.36 Å². The van der Waals surface area contributed by atoms with Crippen LogP contribution in [0.15, 0.2) is 42.5 Å². The first-order valence-corrected chi connectivity index (χ1v) is 13.0. The van der Waals surface area contributed by atoms with Crippen molar-refractivity contribution >= 4 is 29.2 Å². The van der Waals surface area contributed by atoms with E-state index in [0.29, 0.717) is 5.95 Å². The van der Waals surface area contributed by atoms with E-state index in [4.69, 9.17) is 0 Å². The molecule has 3 aromatic rings. The fraction of sp³-hybridized carbons (Fsp3) is 0.464. The Morgan fingerprint density at radius 3 is 2.49 bits per heavy atom. The van der Waals surface area contributed by atoms with Gasteiger partial charge in [-0.25, -0.2) is 4.98 Å². The van der Waals surface area contributed by atoms with Gasteiger partial charge in [-0.2, -0.15) is 13.2 Å². The maximum atomic E-state index is 13.2. The second-order valence-corrected chi connectivity index (χ2v) is 10.2. The lowest BCUT2D eigenvalue weighted by molar-refractivity contribution is -0.137. The number of aldehydes is 1. The van der Waals surface area contributed by atoms with E-state index in [1.807, 2.05) is 10.6 Å². The van der Waals surface area contributed by atoms with Crippen molar-refractivity contribution in [2.45, 2.75) is 63.7 Å². The lowest BCUT2D eigenvalue weighted by Crippen LogP contribution is -2.29. The normalized spacial score (nSPS) is 21.2. The van der Waals surface area contributed by atoms with Gasteiger partial charge in [0.15, 0.2) is 0 Å². The van der Waals surface area contributed by atoms with Crippen LogP contribution in [-0.4, -0.2) is 39.7 Å². The smallest absolute Gasteiger partial charge is 0.307 e. The van der Waals surface area contributed by atoms with E-state index < -0.39 is 17.6 Å². The molecule has 9 heteroatoms.